The summed E-state index contributed by atoms with van der Waals surface area (Å²) in [5.41, 5.74) is -2.74. The van der Waals surface area contributed by atoms with Gasteiger partial charge in [0.15, 0.2) is 0 Å². The molecule has 1 heterocycles. The van der Waals surface area contributed by atoms with Gasteiger partial charge in [0.1, 0.15) is 6.54 Å². The molecule has 122 valence electrons. The van der Waals surface area contributed by atoms with E-state index in [2.05, 4.69) is 9.83 Å². The summed E-state index contributed by atoms with van der Waals surface area (Å²) in [6, 6.07) is 5.20. The van der Waals surface area contributed by atoms with Crippen molar-refractivity contribution in [2.45, 2.75) is 30.0 Å². The van der Waals surface area contributed by atoms with Crippen LogP contribution < -0.4 is 11.2 Å². The van der Waals surface area contributed by atoms with Crippen LogP contribution in [0.3, 0.4) is 0 Å². The predicted octanol–water partition coefficient (Wildman–Crippen LogP) is 0.328. The Morgan fingerprint density at radius 2 is 2.12 bits per heavy atom. The fourth-order valence-corrected chi connectivity index (χ4v) is 3.38. The van der Waals surface area contributed by atoms with Crippen molar-refractivity contribution in [3.8, 4) is 6.07 Å². The Hall–Kier alpha value is -2.95. The standard InChI is InChI=1S/C14H10N4O5S/c1-16-14(4-5-14)23-24(21,22)9-2-3-11-10(8-9)12(19)18(7-6-15)13(20)17-11/h2-3,8H,4-5,7H2,(H,17,20). The fraction of sp³-hybridized carbons (Fsp3) is 0.286. The first-order chi connectivity index (χ1) is 11.3. The first kappa shape index (κ1) is 15.9. The molecular weight excluding hydrogens is 336 g/mol. The van der Waals surface area contributed by atoms with E-state index in [9.17, 15) is 18.0 Å². The summed E-state index contributed by atoms with van der Waals surface area (Å²) in [6.07, 6.45) is 0.650. The molecule has 2 aromatic rings. The Kier molecular flexibility index (Phi) is 3.52. The molecule has 0 radical (unpaired) electrons. The second kappa shape index (κ2) is 5.30. The van der Waals surface area contributed by atoms with Crippen LogP contribution in [0.2, 0.25) is 0 Å². The molecule has 1 aromatic heterocycles. The van der Waals surface area contributed by atoms with Crippen molar-refractivity contribution < 1.29 is 12.6 Å². The zero-order valence-corrected chi connectivity index (χ0v) is 13.0. The lowest BCUT2D eigenvalue weighted by molar-refractivity contribution is 0.235. The van der Waals surface area contributed by atoms with Crippen molar-refractivity contribution in [1.29, 1.82) is 5.26 Å². The van der Waals surface area contributed by atoms with Crippen LogP contribution in [-0.2, 0) is 20.8 Å². The van der Waals surface area contributed by atoms with Gasteiger partial charge in [-0.15, -0.1) is 0 Å². The number of hydrogen-bond acceptors (Lipinski definition) is 6. The topological polar surface area (TPSA) is 126 Å². The fourth-order valence-electron chi connectivity index (χ4n) is 2.17. The molecule has 1 aliphatic carbocycles. The Morgan fingerprint density at radius 1 is 1.42 bits per heavy atom. The minimum Gasteiger partial charge on any atom is -0.307 e. The van der Waals surface area contributed by atoms with Gasteiger partial charge >= 0.3 is 21.5 Å². The van der Waals surface area contributed by atoms with E-state index < -0.39 is 33.6 Å². The van der Waals surface area contributed by atoms with Crippen LogP contribution in [0.15, 0.2) is 32.7 Å². The third kappa shape index (κ3) is 2.58. The van der Waals surface area contributed by atoms with E-state index >= 15 is 0 Å². The number of fused-ring (bicyclic) bond motifs is 1. The number of nitrogens with zero attached hydrogens (tertiary/aromatic N) is 3. The minimum atomic E-state index is -4.23. The molecule has 0 aliphatic heterocycles. The van der Waals surface area contributed by atoms with Gasteiger partial charge in [0.25, 0.3) is 5.56 Å². The normalized spacial score (nSPS) is 15.6. The van der Waals surface area contributed by atoms with Gasteiger partial charge in [0.2, 0.25) is 0 Å². The molecule has 1 fully saturated rings. The highest BCUT2D eigenvalue weighted by molar-refractivity contribution is 7.86. The van der Waals surface area contributed by atoms with Gasteiger partial charge in [-0.05, 0) is 18.2 Å². The highest BCUT2D eigenvalue weighted by Gasteiger charge is 2.56. The quantitative estimate of drug-likeness (QED) is 0.628. The molecule has 1 saturated carbocycles. The number of H-pyrrole nitrogens is 1. The van der Waals surface area contributed by atoms with Gasteiger partial charge in [-0.3, -0.25) is 9.64 Å². The maximum Gasteiger partial charge on any atom is 0.351 e. The molecule has 0 amide bonds. The molecule has 0 unspecified atom stereocenters. The molecule has 10 heteroatoms. The second-order valence-corrected chi connectivity index (χ2v) is 6.83. The van der Waals surface area contributed by atoms with Crippen LogP contribution >= 0.6 is 0 Å². The Morgan fingerprint density at radius 3 is 2.71 bits per heavy atom. The van der Waals surface area contributed by atoms with E-state index in [0.717, 1.165) is 6.07 Å². The maximum atomic E-state index is 12.3. The predicted molar refractivity (Wildman–Crippen MR) is 81.3 cm³/mol. The van der Waals surface area contributed by atoms with Crippen LogP contribution in [0.25, 0.3) is 15.7 Å². The summed E-state index contributed by atoms with van der Waals surface area (Å²) in [5.74, 6) is 0. The third-order valence-electron chi connectivity index (χ3n) is 3.62. The number of hydrogen-bond donors (Lipinski definition) is 1. The maximum absolute atomic E-state index is 12.3. The largest absolute Gasteiger partial charge is 0.351 e. The summed E-state index contributed by atoms with van der Waals surface area (Å²) in [6.45, 7) is 6.53. The van der Waals surface area contributed by atoms with E-state index in [1.54, 1.807) is 6.07 Å². The van der Waals surface area contributed by atoms with Gasteiger partial charge in [-0.1, -0.05) is 0 Å². The summed E-state index contributed by atoms with van der Waals surface area (Å²) in [5, 5.41) is 8.61. The lowest BCUT2D eigenvalue weighted by Crippen LogP contribution is -2.34. The van der Waals surface area contributed by atoms with Gasteiger partial charge in [0, 0.05) is 0 Å². The SMILES string of the molecule is [C-]#[N+]C1(OS(=O)(=O)c2ccc3[nH]c(=O)n(CC#N)c(=O)c3c2)CC1. The molecule has 0 saturated heterocycles. The highest BCUT2D eigenvalue weighted by atomic mass is 32.2. The molecule has 0 spiro atoms. The Balaban J connectivity index is 2.15. The highest BCUT2D eigenvalue weighted by Crippen LogP contribution is 2.43. The van der Waals surface area contributed by atoms with Gasteiger partial charge in [0.05, 0.1) is 34.7 Å². The summed E-state index contributed by atoms with van der Waals surface area (Å²) < 4.78 is 30.2. The Bertz CT molecular complexity index is 1140. The molecule has 3 rings (SSSR count). The number of rotatable bonds is 4. The average molecular weight is 346 g/mol. The molecular formula is C14H10N4O5S. The lowest BCUT2D eigenvalue weighted by atomic mass is 10.2. The first-order valence-electron chi connectivity index (χ1n) is 6.80. The first-order valence-corrected chi connectivity index (χ1v) is 8.21. The molecule has 0 atom stereocenters. The monoisotopic (exact) mass is 346 g/mol. The second-order valence-electron chi connectivity index (χ2n) is 5.28. The zero-order chi connectivity index (χ0) is 17.5. The molecule has 9 nitrogen and oxygen atoms in total. The van der Waals surface area contributed by atoms with Crippen molar-refractivity contribution in [3.05, 3.63) is 50.5 Å². The Labute approximate surface area is 135 Å². The molecule has 1 aliphatic rings. The van der Waals surface area contributed by atoms with Gasteiger partial charge in [-0.25, -0.2) is 15.9 Å². The third-order valence-corrected chi connectivity index (χ3v) is 4.98. The minimum absolute atomic E-state index is 0.0674. The van der Waals surface area contributed by atoms with E-state index in [1.807, 2.05) is 0 Å². The number of aromatic amines is 1. The zero-order valence-electron chi connectivity index (χ0n) is 12.1. The molecule has 24 heavy (non-hydrogen) atoms. The van der Waals surface area contributed by atoms with Crippen molar-refractivity contribution in [1.82, 2.24) is 9.55 Å². The van der Waals surface area contributed by atoms with Gasteiger partial charge < -0.3 is 4.98 Å². The van der Waals surface area contributed by atoms with Crippen molar-refractivity contribution >= 4 is 21.0 Å². The smallest absolute Gasteiger partial charge is 0.307 e. The number of benzene rings is 1. The van der Waals surface area contributed by atoms with E-state index in [4.69, 9.17) is 16.0 Å². The number of nitriles is 1. The number of nitrogens with one attached hydrogen (secondary N) is 1. The molecule has 1 aromatic carbocycles. The van der Waals surface area contributed by atoms with Crippen molar-refractivity contribution in [2.24, 2.45) is 0 Å². The molecule has 1 N–H and O–H groups in total. The van der Waals surface area contributed by atoms with Crippen molar-refractivity contribution in [3.63, 3.8) is 0 Å². The van der Waals surface area contributed by atoms with E-state index in [-0.39, 0.29) is 15.8 Å². The number of aromatic nitrogens is 2. The van der Waals surface area contributed by atoms with Crippen molar-refractivity contribution in [2.75, 3.05) is 0 Å². The van der Waals surface area contributed by atoms with Crippen LogP contribution in [0.5, 0.6) is 0 Å². The van der Waals surface area contributed by atoms with Crippen LogP contribution in [0.4, 0.5) is 0 Å². The van der Waals surface area contributed by atoms with Crippen LogP contribution in [0, 0.1) is 17.9 Å². The summed E-state index contributed by atoms with van der Waals surface area (Å²) in [7, 11) is -4.23. The van der Waals surface area contributed by atoms with Gasteiger partial charge in [-0.2, -0.15) is 17.9 Å². The summed E-state index contributed by atoms with van der Waals surface area (Å²) in [4.78, 5) is 29.3. The summed E-state index contributed by atoms with van der Waals surface area (Å²) >= 11 is 0. The van der Waals surface area contributed by atoms with E-state index in [1.165, 1.54) is 12.1 Å². The lowest BCUT2D eigenvalue weighted by Gasteiger charge is -2.08. The van der Waals surface area contributed by atoms with Crippen LogP contribution in [-0.4, -0.2) is 23.7 Å². The average Bonchev–Trinajstić information content (AvgIpc) is 3.30. The van der Waals surface area contributed by atoms with Crippen LogP contribution in [0.1, 0.15) is 12.8 Å². The van der Waals surface area contributed by atoms with E-state index in [0.29, 0.717) is 17.4 Å². The molecule has 0 bridgehead atoms.